The van der Waals surface area contributed by atoms with E-state index in [0.717, 1.165) is 37.2 Å². The van der Waals surface area contributed by atoms with Gasteiger partial charge in [0.25, 0.3) is 5.56 Å². The SMILES string of the molecule is COC(=O)c1ccccc1-n1ncc(NC2CCN(Cc3ccccc3)CC2)c(Cl)c1=O. The lowest BCUT2D eigenvalue weighted by Gasteiger charge is -2.33. The van der Waals surface area contributed by atoms with E-state index in [1.807, 2.05) is 6.07 Å². The van der Waals surface area contributed by atoms with Gasteiger partial charge in [-0.25, -0.2) is 4.79 Å². The first-order valence-corrected chi connectivity index (χ1v) is 10.9. The Balaban J connectivity index is 1.45. The predicted molar refractivity (Wildman–Crippen MR) is 125 cm³/mol. The summed E-state index contributed by atoms with van der Waals surface area (Å²) >= 11 is 6.41. The second kappa shape index (κ2) is 9.97. The van der Waals surface area contributed by atoms with Crippen LogP contribution in [0.4, 0.5) is 5.69 Å². The van der Waals surface area contributed by atoms with E-state index in [1.165, 1.54) is 18.9 Å². The maximum Gasteiger partial charge on any atom is 0.340 e. The molecule has 0 unspecified atom stereocenters. The molecule has 0 saturated carbocycles. The largest absolute Gasteiger partial charge is 0.465 e. The van der Waals surface area contributed by atoms with Crippen LogP contribution in [0.5, 0.6) is 0 Å². The Labute approximate surface area is 191 Å². The third-order valence-corrected chi connectivity index (χ3v) is 6.02. The van der Waals surface area contributed by atoms with Gasteiger partial charge < -0.3 is 10.1 Å². The molecule has 0 amide bonds. The Hall–Kier alpha value is -3.16. The van der Waals surface area contributed by atoms with Crippen LogP contribution in [0.2, 0.25) is 5.02 Å². The average Bonchev–Trinajstić information content (AvgIpc) is 2.83. The van der Waals surface area contributed by atoms with Crippen molar-refractivity contribution in [2.75, 3.05) is 25.5 Å². The van der Waals surface area contributed by atoms with Gasteiger partial charge in [0.1, 0.15) is 5.02 Å². The molecule has 0 aliphatic carbocycles. The van der Waals surface area contributed by atoms with E-state index in [0.29, 0.717) is 11.4 Å². The van der Waals surface area contributed by atoms with E-state index in [2.05, 4.69) is 39.6 Å². The molecule has 2 aromatic carbocycles. The summed E-state index contributed by atoms with van der Waals surface area (Å²) in [6.07, 6.45) is 3.42. The van der Waals surface area contributed by atoms with Crippen molar-refractivity contribution in [3.8, 4) is 5.69 Å². The zero-order valence-electron chi connectivity index (χ0n) is 17.8. The van der Waals surface area contributed by atoms with Gasteiger partial charge in [-0.3, -0.25) is 9.69 Å². The van der Waals surface area contributed by atoms with Crippen molar-refractivity contribution in [3.63, 3.8) is 0 Å². The number of benzene rings is 2. The summed E-state index contributed by atoms with van der Waals surface area (Å²) < 4.78 is 5.93. The first-order chi connectivity index (χ1) is 15.6. The van der Waals surface area contributed by atoms with E-state index < -0.39 is 11.5 Å². The van der Waals surface area contributed by atoms with Gasteiger partial charge in [-0.2, -0.15) is 9.78 Å². The topological polar surface area (TPSA) is 76.5 Å². The minimum Gasteiger partial charge on any atom is -0.465 e. The van der Waals surface area contributed by atoms with Crippen LogP contribution in [-0.4, -0.2) is 46.9 Å². The van der Waals surface area contributed by atoms with Gasteiger partial charge in [-0.15, -0.1) is 0 Å². The fourth-order valence-corrected chi connectivity index (χ4v) is 4.13. The summed E-state index contributed by atoms with van der Waals surface area (Å²) in [4.78, 5) is 27.4. The molecule has 1 saturated heterocycles. The Morgan fingerprint density at radius 3 is 2.53 bits per heavy atom. The lowest BCUT2D eigenvalue weighted by Crippen LogP contribution is -2.39. The fraction of sp³-hybridized carbons (Fsp3) is 0.292. The molecule has 0 atom stereocenters. The number of para-hydroxylation sites is 1. The number of methoxy groups -OCH3 is 1. The highest BCUT2D eigenvalue weighted by atomic mass is 35.5. The first-order valence-electron chi connectivity index (χ1n) is 10.5. The quantitative estimate of drug-likeness (QED) is 0.574. The molecule has 2 heterocycles. The number of aromatic nitrogens is 2. The minimum atomic E-state index is -0.546. The highest BCUT2D eigenvalue weighted by molar-refractivity contribution is 6.33. The number of piperidine rings is 1. The smallest absolute Gasteiger partial charge is 0.340 e. The zero-order chi connectivity index (χ0) is 22.5. The van der Waals surface area contributed by atoms with Crippen molar-refractivity contribution in [1.82, 2.24) is 14.7 Å². The molecule has 0 bridgehead atoms. The second-order valence-corrected chi connectivity index (χ2v) is 8.16. The van der Waals surface area contributed by atoms with Gasteiger partial charge in [0.05, 0.1) is 30.2 Å². The molecule has 1 fully saturated rings. The van der Waals surface area contributed by atoms with E-state index >= 15 is 0 Å². The van der Waals surface area contributed by atoms with Crippen LogP contribution in [0.25, 0.3) is 5.69 Å². The van der Waals surface area contributed by atoms with Gasteiger partial charge >= 0.3 is 5.97 Å². The Morgan fingerprint density at radius 1 is 1.12 bits per heavy atom. The normalized spacial score (nSPS) is 14.8. The molecule has 4 rings (SSSR count). The molecule has 8 heteroatoms. The number of carbonyl (C=O) groups excluding carboxylic acids is 1. The lowest BCUT2D eigenvalue weighted by atomic mass is 10.0. The highest BCUT2D eigenvalue weighted by Gasteiger charge is 2.22. The van der Waals surface area contributed by atoms with Gasteiger partial charge in [0, 0.05) is 25.7 Å². The number of esters is 1. The molecule has 0 radical (unpaired) electrons. The molecular weight excluding hydrogens is 428 g/mol. The monoisotopic (exact) mass is 452 g/mol. The van der Waals surface area contributed by atoms with Crippen molar-refractivity contribution < 1.29 is 9.53 Å². The number of anilines is 1. The maximum absolute atomic E-state index is 12.9. The van der Waals surface area contributed by atoms with Crippen molar-refractivity contribution in [1.29, 1.82) is 0 Å². The van der Waals surface area contributed by atoms with E-state index in [4.69, 9.17) is 16.3 Å². The molecule has 166 valence electrons. The molecule has 7 nitrogen and oxygen atoms in total. The number of ether oxygens (including phenoxy) is 1. The summed E-state index contributed by atoms with van der Waals surface area (Å²) in [6.45, 7) is 2.86. The zero-order valence-corrected chi connectivity index (χ0v) is 18.6. The number of nitrogens with zero attached hydrogens (tertiary/aromatic N) is 3. The Morgan fingerprint density at radius 2 is 1.81 bits per heavy atom. The van der Waals surface area contributed by atoms with Gasteiger partial charge in [0.2, 0.25) is 0 Å². The fourth-order valence-electron chi connectivity index (χ4n) is 3.94. The molecule has 32 heavy (non-hydrogen) atoms. The molecule has 0 spiro atoms. The summed E-state index contributed by atoms with van der Waals surface area (Å²) in [5.41, 5.74) is 1.89. The molecule has 1 aliphatic rings. The third kappa shape index (κ3) is 4.84. The number of halogens is 1. The molecule has 1 aromatic heterocycles. The van der Waals surface area contributed by atoms with Crippen molar-refractivity contribution in [3.05, 3.63) is 87.3 Å². The van der Waals surface area contributed by atoms with Crippen LogP contribution in [0.3, 0.4) is 0 Å². The van der Waals surface area contributed by atoms with Crippen LogP contribution >= 0.6 is 11.6 Å². The Bertz CT molecular complexity index is 1140. The summed E-state index contributed by atoms with van der Waals surface area (Å²) in [5, 5.41) is 7.69. The van der Waals surface area contributed by atoms with Gasteiger partial charge in [0.15, 0.2) is 0 Å². The van der Waals surface area contributed by atoms with Crippen LogP contribution < -0.4 is 10.9 Å². The van der Waals surface area contributed by atoms with Crippen LogP contribution in [0.1, 0.15) is 28.8 Å². The second-order valence-electron chi connectivity index (χ2n) is 7.78. The van der Waals surface area contributed by atoms with Crippen LogP contribution in [0, 0.1) is 0 Å². The van der Waals surface area contributed by atoms with Crippen LogP contribution in [0.15, 0.2) is 65.6 Å². The molecule has 3 aromatic rings. The van der Waals surface area contributed by atoms with E-state index in [-0.39, 0.29) is 16.6 Å². The average molecular weight is 453 g/mol. The van der Waals surface area contributed by atoms with Gasteiger partial charge in [-0.05, 0) is 30.5 Å². The summed E-state index contributed by atoms with van der Waals surface area (Å²) in [5.74, 6) is -0.546. The highest BCUT2D eigenvalue weighted by Crippen LogP contribution is 2.23. The Kier molecular flexibility index (Phi) is 6.87. The third-order valence-electron chi connectivity index (χ3n) is 5.65. The lowest BCUT2D eigenvalue weighted by molar-refractivity contribution is 0.0600. The standard InChI is InChI=1S/C24H25ClN4O3/c1-32-24(31)19-9-5-6-10-21(19)29-23(30)22(25)20(15-26-29)27-18-11-13-28(14-12-18)16-17-7-3-2-4-8-17/h2-10,15,18,27H,11-14,16H2,1H3. The predicted octanol–water partition coefficient (Wildman–Crippen LogP) is 3.75. The van der Waals surface area contributed by atoms with E-state index in [9.17, 15) is 9.59 Å². The molecular formula is C24H25ClN4O3. The number of hydrogen-bond donors (Lipinski definition) is 1. The van der Waals surface area contributed by atoms with Crippen molar-refractivity contribution >= 4 is 23.3 Å². The number of carbonyl (C=O) groups is 1. The van der Waals surface area contributed by atoms with Crippen molar-refractivity contribution in [2.45, 2.75) is 25.4 Å². The maximum atomic E-state index is 12.9. The number of hydrogen-bond acceptors (Lipinski definition) is 6. The molecule has 1 N–H and O–H groups in total. The number of likely N-dealkylation sites (tertiary alicyclic amines) is 1. The molecule has 1 aliphatic heterocycles. The van der Waals surface area contributed by atoms with Crippen LogP contribution in [-0.2, 0) is 11.3 Å². The minimum absolute atomic E-state index is 0.0476. The summed E-state index contributed by atoms with van der Waals surface area (Å²) in [7, 11) is 1.29. The number of rotatable bonds is 6. The summed E-state index contributed by atoms with van der Waals surface area (Å²) in [6, 6.07) is 17.3. The van der Waals surface area contributed by atoms with Crippen molar-refractivity contribution in [2.24, 2.45) is 0 Å². The number of nitrogens with one attached hydrogen (secondary N) is 1. The van der Waals surface area contributed by atoms with E-state index in [1.54, 1.807) is 24.3 Å². The van der Waals surface area contributed by atoms with Gasteiger partial charge in [-0.1, -0.05) is 54.1 Å². The first kappa shape index (κ1) is 22.0.